The Morgan fingerprint density at radius 2 is 2.33 bits per heavy atom. The first kappa shape index (κ1) is 9.27. The molecule has 0 fully saturated rings. The number of nitrogens with zero attached hydrogens (tertiary/aromatic N) is 3. The van der Waals surface area contributed by atoms with Gasteiger partial charge in [-0.1, -0.05) is 0 Å². The zero-order valence-corrected chi connectivity index (χ0v) is 8.73. The summed E-state index contributed by atoms with van der Waals surface area (Å²) in [6.07, 6.45) is 3.39. The van der Waals surface area contributed by atoms with E-state index >= 15 is 0 Å². The summed E-state index contributed by atoms with van der Waals surface area (Å²) < 4.78 is 1.72. The molecule has 0 amide bonds. The summed E-state index contributed by atoms with van der Waals surface area (Å²) in [4.78, 5) is 0. The first-order valence-electron chi connectivity index (χ1n) is 3.23. The van der Waals surface area contributed by atoms with E-state index in [-0.39, 0.29) is 29.6 Å². The van der Waals surface area contributed by atoms with Crippen LogP contribution in [-0.4, -0.2) is 39.2 Å². The molecule has 0 aliphatic carbocycles. The maximum absolute atomic E-state index is 8.54. The monoisotopic (exact) mass is 166 g/mol. The van der Waals surface area contributed by atoms with E-state index in [1.54, 1.807) is 16.8 Å². The Morgan fingerprint density at radius 1 is 1.50 bits per heavy atom. The van der Waals surface area contributed by atoms with Gasteiger partial charge in [-0.2, -0.15) is 10.4 Å². The first-order valence-corrected chi connectivity index (χ1v) is 3.23. The van der Waals surface area contributed by atoms with Crippen molar-refractivity contribution in [1.82, 2.24) is 9.61 Å². The SMILES string of the molecule is N#Cc1cnn2cccc2c1.[Na]. The van der Waals surface area contributed by atoms with Gasteiger partial charge in [0.2, 0.25) is 0 Å². The number of hydrogen-bond acceptors (Lipinski definition) is 2. The smallest absolute Gasteiger partial charge is 0.101 e. The van der Waals surface area contributed by atoms with Crippen LogP contribution in [0.2, 0.25) is 0 Å². The third-order valence-corrected chi connectivity index (χ3v) is 1.51. The van der Waals surface area contributed by atoms with Crippen LogP contribution in [0.5, 0.6) is 0 Å². The standard InChI is InChI=1S/C8H5N3.Na/c9-5-7-4-8-2-1-3-11(8)10-6-7;/h1-4,6H;. The van der Waals surface area contributed by atoms with Gasteiger partial charge in [-0.05, 0) is 18.2 Å². The zero-order valence-electron chi connectivity index (χ0n) is 6.73. The van der Waals surface area contributed by atoms with Crippen LogP contribution >= 0.6 is 0 Å². The Balaban J connectivity index is 0.000000720. The molecule has 0 atom stereocenters. The summed E-state index contributed by atoms with van der Waals surface area (Å²) >= 11 is 0. The van der Waals surface area contributed by atoms with Crippen LogP contribution in [0.15, 0.2) is 30.6 Å². The van der Waals surface area contributed by atoms with Crippen LogP contribution in [0.3, 0.4) is 0 Å². The summed E-state index contributed by atoms with van der Waals surface area (Å²) in [5.74, 6) is 0. The van der Waals surface area contributed by atoms with E-state index in [1.807, 2.05) is 24.4 Å². The second-order valence-corrected chi connectivity index (χ2v) is 2.23. The number of hydrogen-bond donors (Lipinski definition) is 0. The number of rotatable bonds is 0. The van der Waals surface area contributed by atoms with E-state index in [2.05, 4.69) is 5.10 Å². The molecule has 0 spiro atoms. The molecule has 2 aromatic heterocycles. The second kappa shape index (κ2) is 3.72. The van der Waals surface area contributed by atoms with Gasteiger partial charge in [-0.3, -0.25) is 0 Å². The zero-order chi connectivity index (χ0) is 7.68. The molecule has 3 nitrogen and oxygen atoms in total. The van der Waals surface area contributed by atoms with Gasteiger partial charge in [0.25, 0.3) is 0 Å². The third kappa shape index (κ3) is 1.51. The molecular formula is C8H5N3Na. The van der Waals surface area contributed by atoms with Gasteiger partial charge in [0.1, 0.15) is 6.07 Å². The first-order chi connectivity index (χ1) is 5.40. The minimum absolute atomic E-state index is 0. The van der Waals surface area contributed by atoms with Gasteiger partial charge >= 0.3 is 0 Å². The molecule has 2 rings (SSSR count). The Morgan fingerprint density at radius 3 is 3.08 bits per heavy atom. The second-order valence-electron chi connectivity index (χ2n) is 2.23. The predicted molar refractivity (Wildman–Crippen MR) is 45.7 cm³/mol. The third-order valence-electron chi connectivity index (χ3n) is 1.51. The van der Waals surface area contributed by atoms with Crippen LogP contribution in [0.1, 0.15) is 5.56 Å². The normalized spacial score (nSPS) is 8.92. The van der Waals surface area contributed by atoms with Crippen LogP contribution in [0.4, 0.5) is 0 Å². The van der Waals surface area contributed by atoms with Crippen LogP contribution in [-0.2, 0) is 0 Å². The molecule has 0 bridgehead atoms. The molecular weight excluding hydrogens is 161 g/mol. The van der Waals surface area contributed by atoms with Crippen molar-refractivity contribution in [1.29, 1.82) is 5.26 Å². The molecule has 12 heavy (non-hydrogen) atoms. The van der Waals surface area contributed by atoms with Crippen molar-refractivity contribution in [2.24, 2.45) is 0 Å². The van der Waals surface area contributed by atoms with E-state index < -0.39 is 0 Å². The van der Waals surface area contributed by atoms with Gasteiger partial charge in [-0.15, -0.1) is 0 Å². The Kier molecular flexibility index (Phi) is 2.88. The molecule has 0 aliphatic rings. The molecule has 0 saturated heterocycles. The molecule has 0 unspecified atom stereocenters. The molecule has 2 aromatic rings. The van der Waals surface area contributed by atoms with Crippen molar-refractivity contribution in [2.45, 2.75) is 0 Å². The summed E-state index contributed by atoms with van der Waals surface area (Å²) in [7, 11) is 0. The fourth-order valence-electron chi connectivity index (χ4n) is 0.987. The van der Waals surface area contributed by atoms with Crippen molar-refractivity contribution in [3.63, 3.8) is 0 Å². The maximum Gasteiger partial charge on any atom is 0.101 e. The molecule has 2 heterocycles. The maximum atomic E-state index is 8.54. The van der Waals surface area contributed by atoms with Crippen molar-refractivity contribution < 1.29 is 0 Å². The van der Waals surface area contributed by atoms with Crippen LogP contribution < -0.4 is 0 Å². The summed E-state index contributed by atoms with van der Waals surface area (Å²) in [5.41, 5.74) is 1.54. The molecule has 4 heteroatoms. The average Bonchev–Trinajstić information content (AvgIpc) is 2.50. The Hall–Kier alpha value is -0.820. The summed E-state index contributed by atoms with van der Waals surface area (Å²) in [6.45, 7) is 0. The van der Waals surface area contributed by atoms with E-state index in [1.165, 1.54) is 0 Å². The molecule has 0 aliphatic heterocycles. The largest absolute Gasteiger partial charge is 0.241 e. The van der Waals surface area contributed by atoms with Gasteiger partial charge in [0.05, 0.1) is 17.3 Å². The molecule has 0 N–H and O–H groups in total. The Labute approximate surface area is 91.9 Å². The van der Waals surface area contributed by atoms with Crippen LogP contribution in [0, 0.1) is 11.3 Å². The molecule has 0 aromatic carbocycles. The molecule has 0 saturated carbocycles. The van der Waals surface area contributed by atoms with Gasteiger partial charge in [-0.25, -0.2) is 4.52 Å². The van der Waals surface area contributed by atoms with Gasteiger partial charge in [0, 0.05) is 35.8 Å². The van der Waals surface area contributed by atoms with E-state index in [0.29, 0.717) is 5.56 Å². The average molecular weight is 166 g/mol. The predicted octanol–water partition coefficient (Wildman–Crippen LogP) is 0.825. The molecule has 1 radical (unpaired) electrons. The summed E-state index contributed by atoms with van der Waals surface area (Å²) in [5, 5.41) is 12.5. The topological polar surface area (TPSA) is 41.1 Å². The van der Waals surface area contributed by atoms with Gasteiger partial charge < -0.3 is 0 Å². The van der Waals surface area contributed by atoms with E-state index in [4.69, 9.17) is 5.26 Å². The number of fused-ring (bicyclic) bond motifs is 1. The minimum Gasteiger partial charge on any atom is -0.241 e. The minimum atomic E-state index is 0. The number of aromatic nitrogens is 2. The van der Waals surface area contributed by atoms with Crippen molar-refractivity contribution in [3.05, 3.63) is 36.2 Å². The molecule has 53 valence electrons. The fraction of sp³-hybridized carbons (Fsp3) is 0. The fourth-order valence-corrected chi connectivity index (χ4v) is 0.987. The van der Waals surface area contributed by atoms with E-state index in [0.717, 1.165) is 5.52 Å². The quantitative estimate of drug-likeness (QED) is 0.544. The van der Waals surface area contributed by atoms with Crippen LogP contribution in [0.25, 0.3) is 5.52 Å². The van der Waals surface area contributed by atoms with Crippen molar-refractivity contribution >= 4 is 35.1 Å². The number of nitriles is 1. The van der Waals surface area contributed by atoms with Crippen molar-refractivity contribution in [2.75, 3.05) is 0 Å². The van der Waals surface area contributed by atoms with E-state index in [9.17, 15) is 0 Å². The Bertz CT molecular complexity index is 427. The summed E-state index contributed by atoms with van der Waals surface area (Å²) in [6, 6.07) is 7.63. The van der Waals surface area contributed by atoms with Gasteiger partial charge in [0.15, 0.2) is 0 Å². The van der Waals surface area contributed by atoms with Crippen molar-refractivity contribution in [3.8, 4) is 6.07 Å².